The van der Waals surface area contributed by atoms with Crippen LogP contribution < -0.4 is 9.47 Å². The van der Waals surface area contributed by atoms with E-state index in [-0.39, 0.29) is 13.2 Å². The first-order valence-corrected chi connectivity index (χ1v) is 4.30. The van der Waals surface area contributed by atoms with Crippen molar-refractivity contribution in [1.82, 2.24) is 0 Å². The Morgan fingerprint density at radius 2 is 2.07 bits per heavy atom. The van der Waals surface area contributed by atoms with Crippen molar-refractivity contribution >= 4 is 12.3 Å². The summed E-state index contributed by atoms with van der Waals surface area (Å²) in [6, 6.07) is 3.02. The molecule has 5 nitrogen and oxygen atoms in total. The van der Waals surface area contributed by atoms with Gasteiger partial charge in [0.15, 0.2) is 11.5 Å². The fraction of sp³-hybridized carbons (Fsp3) is 0.200. The van der Waals surface area contributed by atoms with Gasteiger partial charge in [0, 0.05) is 5.56 Å². The third-order valence-electron chi connectivity index (χ3n) is 2.10. The van der Waals surface area contributed by atoms with Crippen molar-refractivity contribution in [3.05, 3.63) is 23.3 Å². The van der Waals surface area contributed by atoms with Gasteiger partial charge in [-0.1, -0.05) is 0 Å². The van der Waals surface area contributed by atoms with Crippen LogP contribution in [0, 0.1) is 0 Å². The summed E-state index contributed by atoms with van der Waals surface area (Å²) in [4.78, 5) is 21.3. The summed E-state index contributed by atoms with van der Waals surface area (Å²) < 4.78 is 10.2. The molecule has 0 saturated heterocycles. The van der Waals surface area contributed by atoms with Crippen molar-refractivity contribution in [2.45, 2.75) is 6.42 Å². The van der Waals surface area contributed by atoms with Gasteiger partial charge in [0.1, 0.15) is 6.29 Å². The number of fused-ring (bicyclic) bond motifs is 1. The van der Waals surface area contributed by atoms with Gasteiger partial charge in [-0.3, -0.25) is 9.59 Å². The number of aldehydes is 1. The van der Waals surface area contributed by atoms with E-state index in [4.69, 9.17) is 14.6 Å². The van der Waals surface area contributed by atoms with E-state index in [0.29, 0.717) is 28.9 Å². The second-order valence-electron chi connectivity index (χ2n) is 3.09. The first-order chi connectivity index (χ1) is 7.20. The minimum atomic E-state index is -0.989. The number of carbonyl (C=O) groups is 2. The quantitative estimate of drug-likeness (QED) is 0.745. The molecule has 0 unspecified atom stereocenters. The Bertz CT molecular complexity index is 424. The number of hydrogen-bond donors (Lipinski definition) is 1. The zero-order valence-electron chi connectivity index (χ0n) is 7.73. The minimum absolute atomic E-state index is 0.101. The van der Waals surface area contributed by atoms with Crippen molar-refractivity contribution in [3.63, 3.8) is 0 Å². The van der Waals surface area contributed by atoms with Crippen LogP contribution in [0.2, 0.25) is 0 Å². The monoisotopic (exact) mass is 208 g/mol. The van der Waals surface area contributed by atoms with Gasteiger partial charge in [-0.2, -0.15) is 0 Å². The Morgan fingerprint density at radius 1 is 1.40 bits per heavy atom. The number of rotatable bonds is 3. The molecule has 0 bridgehead atoms. The number of carboxylic acids is 1. The third-order valence-corrected chi connectivity index (χ3v) is 2.10. The second-order valence-corrected chi connectivity index (χ2v) is 3.09. The maximum absolute atomic E-state index is 10.7. The van der Waals surface area contributed by atoms with E-state index in [9.17, 15) is 9.59 Å². The number of carboxylic acid groups (broad SMARTS) is 1. The van der Waals surface area contributed by atoms with Crippen LogP contribution in [0.4, 0.5) is 0 Å². The topological polar surface area (TPSA) is 72.8 Å². The molecule has 1 aliphatic rings. The van der Waals surface area contributed by atoms with E-state index in [0.717, 1.165) is 0 Å². The molecule has 0 atom stereocenters. The van der Waals surface area contributed by atoms with Crippen molar-refractivity contribution in [3.8, 4) is 11.5 Å². The standard InChI is InChI=1S/C10H8O5/c11-4-7-2-9-8(14-5-15-9)1-6(7)3-10(12)13/h1-2,4H,3,5H2,(H,12,13). The Hall–Kier alpha value is -2.04. The molecule has 1 aromatic carbocycles. The van der Waals surface area contributed by atoms with Gasteiger partial charge in [0.25, 0.3) is 0 Å². The van der Waals surface area contributed by atoms with E-state index >= 15 is 0 Å². The molecule has 0 aromatic heterocycles. The molecule has 1 heterocycles. The van der Waals surface area contributed by atoms with E-state index in [2.05, 4.69) is 0 Å². The summed E-state index contributed by atoms with van der Waals surface area (Å²) in [6.45, 7) is 0.101. The molecule has 15 heavy (non-hydrogen) atoms. The molecule has 0 saturated carbocycles. The lowest BCUT2D eigenvalue weighted by Gasteiger charge is -2.03. The molecular formula is C10H8O5. The molecule has 78 valence electrons. The molecule has 5 heteroatoms. The lowest BCUT2D eigenvalue weighted by Crippen LogP contribution is -2.03. The average molecular weight is 208 g/mol. The summed E-state index contributed by atoms with van der Waals surface area (Å²) in [5.74, 6) is -0.0277. The molecule has 1 aliphatic heterocycles. The predicted octanol–water partition coefficient (Wildman–Crippen LogP) is 0.855. The van der Waals surface area contributed by atoms with Crippen LogP contribution in [-0.4, -0.2) is 24.2 Å². The SMILES string of the molecule is O=Cc1cc2c(cc1CC(=O)O)OCO2. The lowest BCUT2D eigenvalue weighted by molar-refractivity contribution is -0.136. The minimum Gasteiger partial charge on any atom is -0.481 e. The summed E-state index contributed by atoms with van der Waals surface area (Å²) in [7, 11) is 0. The molecule has 2 rings (SSSR count). The fourth-order valence-electron chi connectivity index (χ4n) is 1.43. The lowest BCUT2D eigenvalue weighted by atomic mass is 10.0. The van der Waals surface area contributed by atoms with Crippen LogP contribution in [0.5, 0.6) is 11.5 Å². The smallest absolute Gasteiger partial charge is 0.307 e. The van der Waals surface area contributed by atoms with Gasteiger partial charge in [-0.25, -0.2) is 0 Å². The van der Waals surface area contributed by atoms with Gasteiger partial charge in [-0.05, 0) is 17.7 Å². The molecule has 0 spiro atoms. The van der Waals surface area contributed by atoms with Crippen LogP contribution in [0.1, 0.15) is 15.9 Å². The van der Waals surface area contributed by atoms with E-state index in [1.807, 2.05) is 0 Å². The summed E-state index contributed by atoms with van der Waals surface area (Å²) in [5, 5.41) is 8.65. The molecule has 0 radical (unpaired) electrons. The Kier molecular flexibility index (Phi) is 2.29. The average Bonchev–Trinajstić information content (AvgIpc) is 2.62. The van der Waals surface area contributed by atoms with E-state index in [1.54, 1.807) is 0 Å². The van der Waals surface area contributed by atoms with Gasteiger partial charge in [0.2, 0.25) is 6.79 Å². The highest BCUT2D eigenvalue weighted by molar-refractivity contribution is 5.82. The van der Waals surface area contributed by atoms with Crippen LogP contribution >= 0.6 is 0 Å². The van der Waals surface area contributed by atoms with Crippen molar-refractivity contribution in [1.29, 1.82) is 0 Å². The summed E-state index contributed by atoms with van der Waals surface area (Å²) >= 11 is 0. The van der Waals surface area contributed by atoms with E-state index in [1.165, 1.54) is 12.1 Å². The first kappa shape index (κ1) is 9.51. The highest BCUT2D eigenvalue weighted by atomic mass is 16.7. The van der Waals surface area contributed by atoms with Crippen molar-refractivity contribution < 1.29 is 24.2 Å². The first-order valence-electron chi connectivity index (χ1n) is 4.30. The number of hydrogen-bond acceptors (Lipinski definition) is 4. The number of benzene rings is 1. The maximum Gasteiger partial charge on any atom is 0.307 e. The van der Waals surface area contributed by atoms with Gasteiger partial charge < -0.3 is 14.6 Å². The van der Waals surface area contributed by atoms with Crippen LogP contribution in [0.15, 0.2) is 12.1 Å². The Balaban J connectivity index is 2.43. The molecule has 1 aromatic rings. The van der Waals surface area contributed by atoms with Crippen molar-refractivity contribution in [2.24, 2.45) is 0 Å². The van der Waals surface area contributed by atoms with Crippen molar-refractivity contribution in [2.75, 3.05) is 6.79 Å². The molecule has 0 amide bonds. The maximum atomic E-state index is 10.7. The van der Waals surface area contributed by atoms with Gasteiger partial charge in [-0.15, -0.1) is 0 Å². The largest absolute Gasteiger partial charge is 0.481 e. The predicted molar refractivity (Wildman–Crippen MR) is 49.3 cm³/mol. The highest BCUT2D eigenvalue weighted by Gasteiger charge is 2.17. The summed E-state index contributed by atoms with van der Waals surface area (Å²) in [5.41, 5.74) is 0.753. The Morgan fingerprint density at radius 3 is 2.67 bits per heavy atom. The zero-order chi connectivity index (χ0) is 10.8. The number of aliphatic carboxylic acids is 1. The normalized spacial score (nSPS) is 12.5. The van der Waals surface area contributed by atoms with Gasteiger partial charge in [0.05, 0.1) is 6.42 Å². The molecule has 0 aliphatic carbocycles. The van der Waals surface area contributed by atoms with Crippen LogP contribution in [0.25, 0.3) is 0 Å². The Labute approximate surface area is 85.2 Å². The second kappa shape index (κ2) is 3.61. The number of carbonyl (C=O) groups excluding carboxylic acids is 1. The summed E-state index contributed by atoms with van der Waals surface area (Å²) in [6.07, 6.45) is 0.408. The van der Waals surface area contributed by atoms with Crippen LogP contribution in [0.3, 0.4) is 0 Å². The highest BCUT2D eigenvalue weighted by Crippen LogP contribution is 2.34. The molecular weight excluding hydrogens is 200 g/mol. The fourth-order valence-corrected chi connectivity index (χ4v) is 1.43. The molecule has 0 fully saturated rings. The van der Waals surface area contributed by atoms with E-state index < -0.39 is 5.97 Å². The molecule has 1 N–H and O–H groups in total. The third kappa shape index (κ3) is 1.76. The zero-order valence-corrected chi connectivity index (χ0v) is 7.73. The number of ether oxygens (including phenoxy) is 2. The van der Waals surface area contributed by atoms with Crippen LogP contribution in [-0.2, 0) is 11.2 Å². The van der Waals surface area contributed by atoms with Gasteiger partial charge >= 0.3 is 5.97 Å².